The summed E-state index contributed by atoms with van der Waals surface area (Å²) in [5, 5.41) is 0. The number of methoxy groups -OCH3 is 1. The van der Waals surface area contributed by atoms with E-state index in [9.17, 15) is 14.4 Å². The molecule has 0 aliphatic carbocycles. The molecule has 0 unspecified atom stereocenters. The fourth-order valence-electron chi connectivity index (χ4n) is 4.84. The zero-order valence-corrected chi connectivity index (χ0v) is 19.8. The lowest BCUT2D eigenvalue weighted by Gasteiger charge is -2.49. The minimum atomic E-state index is -0.808. The molecule has 2 fully saturated rings. The highest BCUT2D eigenvalue weighted by Gasteiger charge is 2.55. The van der Waals surface area contributed by atoms with Crippen molar-refractivity contribution in [3.63, 3.8) is 0 Å². The van der Waals surface area contributed by atoms with Crippen molar-refractivity contribution in [1.82, 2.24) is 9.80 Å². The van der Waals surface area contributed by atoms with Crippen molar-refractivity contribution in [3.05, 3.63) is 114 Å². The summed E-state index contributed by atoms with van der Waals surface area (Å²) in [6, 6.07) is 27.4. The maximum absolute atomic E-state index is 13.4. The van der Waals surface area contributed by atoms with E-state index in [1.165, 1.54) is 16.9 Å². The number of amides is 2. The monoisotopic (exact) mass is 482 g/mol. The van der Waals surface area contributed by atoms with Gasteiger partial charge in [-0.15, -0.1) is 0 Å². The molecule has 0 N–H and O–H groups in total. The Morgan fingerprint density at radius 2 is 1.47 bits per heavy atom. The summed E-state index contributed by atoms with van der Waals surface area (Å²) in [7, 11) is 1.29. The van der Waals surface area contributed by atoms with Gasteiger partial charge in [0, 0.05) is 0 Å². The number of likely N-dealkylation sites (tertiary alicyclic amines) is 1. The Kier molecular flexibility index (Phi) is 6.54. The third-order valence-corrected chi connectivity index (χ3v) is 6.65. The zero-order chi connectivity index (χ0) is 25.1. The van der Waals surface area contributed by atoms with Gasteiger partial charge in [0.2, 0.25) is 5.91 Å². The summed E-state index contributed by atoms with van der Waals surface area (Å²) >= 11 is 0. The average molecular weight is 483 g/mol. The average Bonchev–Trinajstić information content (AvgIpc) is 3.31. The number of carbonyl (C=O) groups excluding carboxylic acids is 3. The number of benzene rings is 3. The van der Waals surface area contributed by atoms with Gasteiger partial charge in [-0.3, -0.25) is 14.5 Å². The van der Waals surface area contributed by atoms with Gasteiger partial charge in [0.15, 0.2) is 0 Å². The van der Waals surface area contributed by atoms with Crippen LogP contribution in [0.4, 0.5) is 4.79 Å². The van der Waals surface area contributed by atoms with Crippen LogP contribution in [0, 0.1) is 0 Å². The molecule has 0 aromatic heterocycles. The molecule has 2 amide bonds. The first-order valence-corrected chi connectivity index (χ1v) is 11.8. The number of esters is 1. The van der Waals surface area contributed by atoms with Gasteiger partial charge in [-0.2, -0.15) is 0 Å². The second-order valence-corrected chi connectivity index (χ2v) is 8.70. The van der Waals surface area contributed by atoms with Crippen LogP contribution in [0.2, 0.25) is 0 Å². The topological polar surface area (TPSA) is 76.2 Å². The van der Waals surface area contributed by atoms with E-state index in [0.29, 0.717) is 0 Å². The van der Waals surface area contributed by atoms with Crippen LogP contribution in [-0.2, 0) is 19.1 Å². The van der Waals surface area contributed by atoms with Crippen LogP contribution >= 0.6 is 0 Å². The molecule has 0 saturated carbocycles. The number of ether oxygens (including phenoxy) is 2. The minimum absolute atomic E-state index is 0.157. The van der Waals surface area contributed by atoms with E-state index in [4.69, 9.17) is 9.47 Å². The first-order chi connectivity index (χ1) is 17.6. The number of carbonyl (C=O) groups is 3. The van der Waals surface area contributed by atoms with Crippen LogP contribution in [0.15, 0.2) is 97.1 Å². The van der Waals surface area contributed by atoms with Crippen molar-refractivity contribution in [2.45, 2.75) is 18.1 Å². The van der Waals surface area contributed by atoms with Crippen LogP contribution in [0.3, 0.4) is 0 Å². The van der Waals surface area contributed by atoms with E-state index < -0.39 is 30.2 Å². The van der Waals surface area contributed by atoms with Crippen molar-refractivity contribution in [2.24, 2.45) is 0 Å². The van der Waals surface area contributed by atoms with Gasteiger partial charge in [-0.05, 0) is 22.3 Å². The molecular formula is C29H26N2O5. The predicted octanol–water partition coefficient (Wildman–Crippen LogP) is 4.06. The molecule has 36 heavy (non-hydrogen) atoms. The molecule has 2 saturated heterocycles. The number of β-lactam (4-membered cyclic amide) rings is 1. The summed E-state index contributed by atoms with van der Waals surface area (Å²) in [4.78, 5) is 41.5. The number of rotatable bonds is 7. The van der Waals surface area contributed by atoms with Crippen LogP contribution in [0.25, 0.3) is 5.57 Å². The van der Waals surface area contributed by atoms with E-state index in [1.807, 2.05) is 97.1 Å². The third kappa shape index (κ3) is 4.35. The molecule has 3 aromatic carbocycles. The summed E-state index contributed by atoms with van der Waals surface area (Å²) < 4.78 is 10.2. The maximum Gasteiger partial charge on any atom is 0.411 e. The Morgan fingerprint density at radius 1 is 0.917 bits per heavy atom. The number of nitrogens with zero attached hydrogens (tertiary/aromatic N) is 2. The number of hydrogen-bond donors (Lipinski definition) is 0. The van der Waals surface area contributed by atoms with E-state index in [-0.39, 0.29) is 19.1 Å². The molecule has 0 bridgehead atoms. The fraction of sp³-hybridized carbons (Fsp3) is 0.207. The van der Waals surface area contributed by atoms with E-state index >= 15 is 0 Å². The standard InChI is InChI=1S/C29H26N2O5/c1-35-26(32)18-30-24(17-23(20-11-5-2-6-12-20)21-13-7-3-8-14-21)27(28(30)33)31-25(19-36-29(31)34)22-15-9-4-10-16-22/h2-17,24-25,27H,18-19H2,1H3/t24-,25-,27+/m1/s1. The smallest absolute Gasteiger partial charge is 0.411 e. The minimum Gasteiger partial charge on any atom is -0.468 e. The fourth-order valence-corrected chi connectivity index (χ4v) is 4.84. The second kappa shape index (κ2) is 10.1. The Bertz CT molecular complexity index is 1240. The van der Waals surface area contributed by atoms with Gasteiger partial charge in [0.1, 0.15) is 19.2 Å². The van der Waals surface area contributed by atoms with Crippen LogP contribution < -0.4 is 0 Å². The summed E-state index contributed by atoms with van der Waals surface area (Å²) in [6.07, 6.45) is 1.42. The molecule has 2 aliphatic rings. The molecule has 5 rings (SSSR count). The van der Waals surface area contributed by atoms with E-state index in [0.717, 1.165) is 22.3 Å². The predicted molar refractivity (Wildman–Crippen MR) is 134 cm³/mol. The molecule has 2 aliphatic heterocycles. The molecule has 0 radical (unpaired) electrons. The van der Waals surface area contributed by atoms with Gasteiger partial charge in [0.05, 0.1) is 19.2 Å². The van der Waals surface area contributed by atoms with E-state index in [2.05, 4.69) is 0 Å². The van der Waals surface area contributed by atoms with Crippen LogP contribution in [-0.4, -0.2) is 60.1 Å². The zero-order valence-electron chi connectivity index (χ0n) is 19.8. The van der Waals surface area contributed by atoms with Gasteiger partial charge in [0.25, 0.3) is 0 Å². The van der Waals surface area contributed by atoms with Crippen molar-refractivity contribution >= 4 is 23.5 Å². The first kappa shape index (κ1) is 23.4. The Hall–Kier alpha value is -4.39. The quantitative estimate of drug-likeness (QED) is 0.375. The highest BCUT2D eigenvalue weighted by atomic mass is 16.6. The molecule has 3 atom stereocenters. The Balaban J connectivity index is 1.59. The Labute approximate surface area is 209 Å². The van der Waals surface area contributed by atoms with Crippen LogP contribution in [0.5, 0.6) is 0 Å². The lowest BCUT2D eigenvalue weighted by atomic mass is 9.86. The lowest BCUT2D eigenvalue weighted by molar-refractivity contribution is -0.162. The van der Waals surface area contributed by atoms with Crippen molar-refractivity contribution in [2.75, 3.05) is 20.3 Å². The van der Waals surface area contributed by atoms with Gasteiger partial charge < -0.3 is 14.4 Å². The highest BCUT2D eigenvalue weighted by molar-refractivity contribution is 5.97. The normalized spacial score (nSPS) is 21.0. The molecular weight excluding hydrogens is 456 g/mol. The van der Waals surface area contributed by atoms with E-state index in [1.54, 1.807) is 0 Å². The maximum atomic E-state index is 13.4. The van der Waals surface area contributed by atoms with Crippen molar-refractivity contribution < 1.29 is 23.9 Å². The summed E-state index contributed by atoms with van der Waals surface area (Å²) in [5.41, 5.74) is 3.71. The van der Waals surface area contributed by atoms with Crippen LogP contribution in [0.1, 0.15) is 22.7 Å². The number of cyclic esters (lactones) is 1. The SMILES string of the molecule is COC(=O)CN1C(=O)[C@@H](N2C(=O)OC[C@@H]2c2ccccc2)[C@H]1C=C(c1ccccc1)c1ccccc1. The molecule has 182 valence electrons. The van der Waals surface area contributed by atoms with Crippen molar-refractivity contribution in [1.29, 1.82) is 0 Å². The largest absolute Gasteiger partial charge is 0.468 e. The van der Waals surface area contributed by atoms with Gasteiger partial charge >= 0.3 is 12.1 Å². The molecule has 2 heterocycles. The second-order valence-electron chi connectivity index (χ2n) is 8.70. The first-order valence-electron chi connectivity index (χ1n) is 11.8. The highest BCUT2D eigenvalue weighted by Crippen LogP contribution is 2.38. The number of hydrogen-bond acceptors (Lipinski definition) is 5. The molecule has 0 spiro atoms. The molecule has 7 heteroatoms. The Morgan fingerprint density at radius 3 is 2.03 bits per heavy atom. The summed E-state index contributed by atoms with van der Waals surface area (Å²) in [6.45, 7) is -0.0486. The molecule has 7 nitrogen and oxygen atoms in total. The van der Waals surface area contributed by atoms with Gasteiger partial charge in [-0.1, -0.05) is 97.1 Å². The third-order valence-electron chi connectivity index (χ3n) is 6.65. The lowest BCUT2D eigenvalue weighted by Crippen LogP contribution is -2.71. The van der Waals surface area contributed by atoms with Crippen molar-refractivity contribution in [3.8, 4) is 0 Å². The molecule has 3 aromatic rings. The van der Waals surface area contributed by atoms with Gasteiger partial charge in [-0.25, -0.2) is 4.79 Å². The summed E-state index contributed by atoms with van der Waals surface area (Å²) in [5.74, 6) is -0.841.